The van der Waals surface area contributed by atoms with Crippen LogP contribution in [0.25, 0.3) is 0 Å². The molecule has 1 atom stereocenters. The minimum Gasteiger partial charge on any atom is -0.394 e. The lowest BCUT2D eigenvalue weighted by Crippen LogP contribution is -2.60. The van der Waals surface area contributed by atoms with E-state index in [1.54, 1.807) is 0 Å². The molecular weight excluding hydrogens is 353 g/mol. The maximum atomic E-state index is 13.3. The van der Waals surface area contributed by atoms with E-state index in [-0.39, 0.29) is 0 Å². The van der Waals surface area contributed by atoms with Crippen molar-refractivity contribution in [2.24, 2.45) is 0 Å². The van der Waals surface area contributed by atoms with Gasteiger partial charge in [-0.3, -0.25) is 4.74 Å². The molecule has 0 radical (unpaired) electrons. The van der Waals surface area contributed by atoms with Crippen LogP contribution >= 0.6 is 0 Å². The molecule has 0 aromatic carbocycles. The molecule has 14 heteroatoms. The van der Waals surface area contributed by atoms with E-state index in [2.05, 4.69) is 9.47 Å². The minimum atomic E-state index is -7.10. The van der Waals surface area contributed by atoms with Crippen LogP contribution in [0.15, 0.2) is 0 Å². The number of aliphatic hydroxyl groups excluding tert-OH is 1. The number of halogens is 11. The van der Waals surface area contributed by atoms with Crippen LogP contribution in [0.3, 0.4) is 0 Å². The SMILES string of the molecule is OCCOCC(F)(OC(F)(F)C(F)(F)C(F)(F)F)C(F)(F)F. The van der Waals surface area contributed by atoms with Crippen molar-refractivity contribution < 1.29 is 62.9 Å². The molecule has 1 unspecified atom stereocenters. The Morgan fingerprint density at radius 2 is 1.18 bits per heavy atom. The summed E-state index contributed by atoms with van der Waals surface area (Å²) in [6.07, 6.45) is -20.3. The van der Waals surface area contributed by atoms with Gasteiger partial charge in [0.25, 0.3) is 0 Å². The second-order valence-electron chi connectivity index (χ2n) is 3.69. The molecule has 0 saturated heterocycles. The lowest BCUT2D eigenvalue weighted by atomic mass is 10.2. The Balaban J connectivity index is 5.47. The van der Waals surface area contributed by atoms with Crippen LogP contribution in [0.4, 0.5) is 48.3 Å². The first kappa shape index (κ1) is 21.1. The zero-order valence-corrected chi connectivity index (χ0v) is 10.0. The number of aliphatic hydroxyl groups is 1. The Labute approximate surface area is 114 Å². The van der Waals surface area contributed by atoms with Crippen molar-refractivity contribution in [2.45, 2.75) is 30.2 Å². The van der Waals surface area contributed by atoms with Crippen molar-refractivity contribution in [3.8, 4) is 0 Å². The van der Waals surface area contributed by atoms with E-state index in [1.807, 2.05) is 0 Å². The minimum absolute atomic E-state index is 1.01. The second-order valence-corrected chi connectivity index (χ2v) is 3.69. The van der Waals surface area contributed by atoms with Gasteiger partial charge in [-0.1, -0.05) is 0 Å². The fraction of sp³-hybridized carbons (Fsp3) is 1.00. The van der Waals surface area contributed by atoms with Crippen LogP contribution in [0, 0.1) is 0 Å². The molecule has 0 bridgehead atoms. The number of ether oxygens (including phenoxy) is 2. The summed E-state index contributed by atoms with van der Waals surface area (Å²) >= 11 is 0. The molecule has 0 fully saturated rings. The number of alkyl halides is 11. The molecule has 0 aliphatic rings. The molecule has 0 rings (SSSR count). The van der Waals surface area contributed by atoms with Crippen molar-refractivity contribution in [2.75, 3.05) is 19.8 Å². The van der Waals surface area contributed by atoms with Crippen LogP contribution in [-0.2, 0) is 9.47 Å². The predicted molar refractivity (Wildman–Crippen MR) is 44.8 cm³/mol. The Morgan fingerprint density at radius 1 is 0.727 bits per heavy atom. The maximum absolute atomic E-state index is 13.3. The van der Waals surface area contributed by atoms with Gasteiger partial charge in [-0.25, -0.2) is 0 Å². The van der Waals surface area contributed by atoms with Gasteiger partial charge in [0.15, 0.2) is 0 Å². The fourth-order valence-corrected chi connectivity index (χ4v) is 0.869. The zero-order chi connectivity index (χ0) is 18.0. The highest BCUT2D eigenvalue weighted by Gasteiger charge is 2.78. The quantitative estimate of drug-likeness (QED) is 0.560. The smallest absolute Gasteiger partial charge is 0.394 e. The molecule has 22 heavy (non-hydrogen) atoms. The molecule has 0 aliphatic carbocycles. The molecule has 0 spiro atoms. The first-order chi connectivity index (χ1) is 9.52. The first-order valence-electron chi connectivity index (χ1n) is 4.98. The van der Waals surface area contributed by atoms with Crippen molar-refractivity contribution in [3.63, 3.8) is 0 Å². The third-order valence-electron chi connectivity index (χ3n) is 1.96. The number of hydrogen-bond acceptors (Lipinski definition) is 3. The summed E-state index contributed by atoms with van der Waals surface area (Å²) in [5.41, 5.74) is 0. The van der Waals surface area contributed by atoms with E-state index in [0.29, 0.717) is 0 Å². The van der Waals surface area contributed by atoms with E-state index in [9.17, 15) is 48.3 Å². The fourth-order valence-electron chi connectivity index (χ4n) is 0.869. The molecule has 0 saturated carbocycles. The van der Waals surface area contributed by atoms with E-state index in [0.717, 1.165) is 0 Å². The average molecular weight is 360 g/mol. The lowest BCUT2D eigenvalue weighted by molar-refractivity contribution is -0.486. The number of rotatable bonds is 7. The van der Waals surface area contributed by atoms with E-state index < -0.39 is 50.1 Å². The normalized spacial score (nSPS) is 17.5. The van der Waals surface area contributed by atoms with E-state index in [4.69, 9.17) is 5.11 Å². The molecule has 1 N–H and O–H groups in total. The summed E-state index contributed by atoms with van der Waals surface area (Å²) in [4.78, 5) is 0. The average Bonchev–Trinajstić information content (AvgIpc) is 2.25. The molecule has 0 heterocycles. The Kier molecular flexibility index (Phi) is 6.06. The Bertz CT molecular complexity index is 363. The van der Waals surface area contributed by atoms with Gasteiger partial charge in [-0.15, -0.1) is 0 Å². The molecule has 0 amide bonds. The highest BCUT2D eigenvalue weighted by molar-refractivity contribution is 4.89. The van der Waals surface area contributed by atoms with Gasteiger partial charge in [-0.05, 0) is 0 Å². The third kappa shape index (κ3) is 4.32. The third-order valence-corrected chi connectivity index (χ3v) is 1.96. The van der Waals surface area contributed by atoms with Crippen molar-refractivity contribution in [1.29, 1.82) is 0 Å². The van der Waals surface area contributed by atoms with Crippen LogP contribution in [0.2, 0.25) is 0 Å². The highest BCUT2D eigenvalue weighted by Crippen LogP contribution is 2.50. The van der Waals surface area contributed by atoms with Crippen LogP contribution in [-0.4, -0.2) is 55.2 Å². The number of hydrogen-bond donors (Lipinski definition) is 1. The standard InChI is InChI=1S/C8H7F11O3/c9-4(6(12,13)14,3-21-2-1-20)22-8(18,19)5(10,11)7(15,16)17/h20H,1-3H2. The predicted octanol–water partition coefficient (Wildman–Crippen LogP) is 3.03. The topological polar surface area (TPSA) is 38.7 Å². The van der Waals surface area contributed by atoms with Gasteiger partial charge in [-0.2, -0.15) is 48.3 Å². The first-order valence-corrected chi connectivity index (χ1v) is 4.98. The van der Waals surface area contributed by atoms with Gasteiger partial charge >= 0.3 is 30.2 Å². The van der Waals surface area contributed by atoms with Crippen molar-refractivity contribution in [3.05, 3.63) is 0 Å². The van der Waals surface area contributed by atoms with Gasteiger partial charge in [0, 0.05) is 0 Å². The van der Waals surface area contributed by atoms with E-state index in [1.165, 1.54) is 0 Å². The van der Waals surface area contributed by atoms with Crippen LogP contribution in [0.5, 0.6) is 0 Å². The van der Waals surface area contributed by atoms with Gasteiger partial charge in [0.05, 0.1) is 13.2 Å². The second kappa shape index (κ2) is 6.31. The Morgan fingerprint density at radius 3 is 1.50 bits per heavy atom. The molecule has 3 nitrogen and oxygen atoms in total. The molecule has 134 valence electrons. The zero-order valence-electron chi connectivity index (χ0n) is 10.0. The summed E-state index contributed by atoms with van der Waals surface area (Å²) in [7, 11) is 0. The van der Waals surface area contributed by atoms with Gasteiger partial charge < -0.3 is 9.84 Å². The van der Waals surface area contributed by atoms with Gasteiger partial charge in [0.1, 0.15) is 6.61 Å². The molecule has 0 aromatic rings. The molecular formula is C8H7F11O3. The van der Waals surface area contributed by atoms with E-state index >= 15 is 0 Å². The van der Waals surface area contributed by atoms with Crippen LogP contribution in [0.1, 0.15) is 0 Å². The highest BCUT2D eigenvalue weighted by atomic mass is 19.4. The van der Waals surface area contributed by atoms with Crippen molar-refractivity contribution in [1.82, 2.24) is 0 Å². The van der Waals surface area contributed by atoms with Gasteiger partial charge in [0.2, 0.25) is 0 Å². The maximum Gasteiger partial charge on any atom is 0.462 e. The molecule has 0 aromatic heterocycles. The summed E-state index contributed by atoms with van der Waals surface area (Å²) in [5.74, 6) is -12.8. The lowest BCUT2D eigenvalue weighted by Gasteiger charge is -2.34. The summed E-state index contributed by atoms with van der Waals surface area (Å²) in [6.45, 7) is -4.56. The largest absolute Gasteiger partial charge is 0.462 e. The summed E-state index contributed by atoms with van der Waals surface area (Å²) in [6, 6.07) is 0. The monoisotopic (exact) mass is 360 g/mol. The molecule has 0 aliphatic heterocycles. The van der Waals surface area contributed by atoms with Crippen molar-refractivity contribution >= 4 is 0 Å². The summed E-state index contributed by atoms with van der Waals surface area (Å²) in [5, 5.41) is 8.15. The Hall–Kier alpha value is -0.890. The van der Waals surface area contributed by atoms with Crippen LogP contribution < -0.4 is 0 Å². The summed E-state index contributed by atoms with van der Waals surface area (Å²) < 4.78 is 141.